The van der Waals surface area contributed by atoms with Gasteiger partial charge in [0, 0.05) is 23.0 Å². The number of hydrogen-bond acceptors (Lipinski definition) is 4. The molecule has 0 spiro atoms. The van der Waals surface area contributed by atoms with Crippen molar-refractivity contribution in [2.24, 2.45) is 5.10 Å². The Hall–Kier alpha value is -4.52. The third kappa shape index (κ3) is 5.40. The number of anilines is 1. The molecule has 7 nitrogen and oxygen atoms in total. The highest BCUT2D eigenvalue weighted by Gasteiger charge is 2.14. The monoisotopic (exact) mass is 437 g/mol. The Morgan fingerprint density at radius 1 is 0.848 bits per heavy atom. The molecule has 3 aromatic carbocycles. The standard InChI is InChI=1S/C26H23N5O2/c1-18-8-12-20(13-9-18)24-21(17-31(30-24)23-6-4-3-5-7-23)16-27-29-26(33)25(32)28-22-14-10-19(2)11-15-22/h3-17H,1-2H3,(H,28,32)(H,29,33)/b27-16-. The van der Waals surface area contributed by atoms with Crippen LogP contribution in [0.4, 0.5) is 5.69 Å². The number of para-hydroxylation sites is 1. The first-order chi connectivity index (χ1) is 16.0. The summed E-state index contributed by atoms with van der Waals surface area (Å²) in [4.78, 5) is 24.3. The SMILES string of the molecule is Cc1ccc(NC(=O)C(=O)N/N=C\c2cn(-c3ccccc3)nc2-c2ccc(C)cc2)cc1. The van der Waals surface area contributed by atoms with Crippen LogP contribution in [0, 0.1) is 13.8 Å². The van der Waals surface area contributed by atoms with Gasteiger partial charge >= 0.3 is 11.8 Å². The fourth-order valence-corrected chi connectivity index (χ4v) is 3.17. The highest BCUT2D eigenvalue weighted by molar-refractivity contribution is 6.39. The number of amides is 2. The van der Waals surface area contributed by atoms with E-state index < -0.39 is 11.8 Å². The van der Waals surface area contributed by atoms with Crippen LogP contribution in [0.25, 0.3) is 16.9 Å². The minimum Gasteiger partial charge on any atom is -0.318 e. The van der Waals surface area contributed by atoms with Crippen LogP contribution in [0.2, 0.25) is 0 Å². The van der Waals surface area contributed by atoms with Crippen LogP contribution in [0.3, 0.4) is 0 Å². The summed E-state index contributed by atoms with van der Waals surface area (Å²) in [7, 11) is 0. The lowest BCUT2D eigenvalue weighted by atomic mass is 10.1. The summed E-state index contributed by atoms with van der Waals surface area (Å²) in [5.41, 5.74) is 8.24. The third-order valence-corrected chi connectivity index (χ3v) is 4.97. The summed E-state index contributed by atoms with van der Waals surface area (Å²) in [5, 5.41) is 11.2. The number of hydrogen-bond donors (Lipinski definition) is 2. The van der Waals surface area contributed by atoms with Crippen LogP contribution >= 0.6 is 0 Å². The molecule has 0 saturated carbocycles. The van der Waals surface area contributed by atoms with E-state index in [1.165, 1.54) is 6.21 Å². The maximum atomic E-state index is 12.2. The highest BCUT2D eigenvalue weighted by Crippen LogP contribution is 2.23. The summed E-state index contributed by atoms with van der Waals surface area (Å²) < 4.78 is 1.75. The predicted molar refractivity (Wildman–Crippen MR) is 129 cm³/mol. The van der Waals surface area contributed by atoms with E-state index in [0.717, 1.165) is 22.4 Å². The zero-order valence-corrected chi connectivity index (χ0v) is 18.3. The molecule has 1 heterocycles. The van der Waals surface area contributed by atoms with Crippen LogP contribution in [-0.2, 0) is 9.59 Å². The number of rotatable bonds is 5. The molecule has 4 rings (SSSR count). The van der Waals surface area contributed by atoms with Gasteiger partial charge < -0.3 is 5.32 Å². The zero-order valence-electron chi connectivity index (χ0n) is 18.3. The molecule has 0 unspecified atom stereocenters. The van der Waals surface area contributed by atoms with Crippen molar-refractivity contribution in [2.75, 3.05) is 5.32 Å². The van der Waals surface area contributed by atoms with Gasteiger partial charge in [-0.15, -0.1) is 0 Å². The molecule has 4 aromatic rings. The molecule has 2 N–H and O–H groups in total. The third-order valence-electron chi connectivity index (χ3n) is 4.97. The molecule has 0 fully saturated rings. The van der Waals surface area contributed by atoms with Gasteiger partial charge in [-0.25, -0.2) is 10.1 Å². The first-order valence-corrected chi connectivity index (χ1v) is 10.4. The maximum Gasteiger partial charge on any atom is 0.329 e. The van der Waals surface area contributed by atoms with E-state index in [0.29, 0.717) is 16.9 Å². The molecular formula is C26H23N5O2. The first-order valence-electron chi connectivity index (χ1n) is 10.4. The summed E-state index contributed by atoms with van der Waals surface area (Å²) in [5.74, 6) is -1.66. The summed E-state index contributed by atoms with van der Waals surface area (Å²) >= 11 is 0. The van der Waals surface area contributed by atoms with Crippen molar-refractivity contribution < 1.29 is 9.59 Å². The zero-order chi connectivity index (χ0) is 23.2. The first kappa shape index (κ1) is 21.7. The lowest BCUT2D eigenvalue weighted by molar-refractivity contribution is -0.136. The minimum absolute atomic E-state index is 0.538. The van der Waals surface area contributed by atoms with Gasteiger partial charge in [-0.05, 0) is 38.1 Å². The van der Waals surface area contributed by atoms with Gasteiger partial charge in [0.1, 0.15) is 5.69 Å². The Morgan fingerprint density at radius 3 is 2.15 bits per heavy atom. The lowest BCUT2D eigenvalue weighted by Crippen LogP contribution is -2.32. The molecule has 0 atom stereocenters. The van der Waals surface area contributed by atoms with Crippen molar-refractivity contribution in [3.63, 3.8) is 0 Å². The number of benzene rings is 3. The van der Waals surface area contributed by atoms with Crippen molar-refractivity contribution in [2.45, 2.75) is 13.8 Å². The molecular weight excluding hydrogens is 414 g/mol. The van der Waals surface area contributed by atoms with Gasteiger partial charge in [0.25, 0.3) is 0 Å². The fraction of sp³-hybridized carbons (Fsp3) is 0.0769. The van der Waals surface area contributed by atoms with Gasteiger partial charge in [0.05, 0.1) is 11.9 Å². The Labute approximate surface area is 191 Å². The van der Waals surface area contributed by atoms with Gasteiger partial charge in [-0.2, -0.15) is 10.2 Å². The number of carbonyl (C=O) groups is 2. The molecule has 0 bridgehead atoms. The number of nitrogens with one attached hydrogen (secondary N) is 2. The molecule has 0 aliphatic rings. The second kappa shape index (κ2) is 9.74. The Kier molecular flexibility index (Phi) is 6.40. The van der Waals surface area contributed by atoms with Crippen molar-refractivity contribution in [1.29, 1.82) is 0 Å². The van der Waals surface area contributed by atoms with E-state index in [1.807, 2.05) is 86.8 Å². The van der Waals surface area contributed by atoms with Crippen LogP contribution < -0.4 is 10.7 Å². The van der Waals surface area contributed by atoms with Gasteiger partial charge in [0.15, 0.2) is 0 Å². The molecule has 1 aromatic heterocycles. The topological polar surface area (TPSA) is 88.4 Å². The number of hydrazone groups is 1. The highest BCUT2D eigenvalue weighted by atomic mass is 16.2. The van der Waals surface area contributed by atoms with E-state index in [2.05, 4.69) is 15.8 Å². The van der Waals surface area contributed by atoms with E-state index >= 15 is 0 Å². The van der Waals surface area contributed by atoms with Crippen molar-refractivity contribution in [3.05, 3.63) is 102 Å². The number of nitrogens with zero attached hydrogens (tertiary/aromatic N) is 3. The average Bonchev–Trinajstić information content (AvgIpc) is 3.25. The minimum atomic E-state index is -0.862. The van der Waals surface area contributed by atoms with E-state index in [-0.39, 0.29) is 0 Å². The normalized spacial score (nSPS) is 10.8. The smallest absolute Gasteiger partial charge is 0.318 e. The Morgan fingerprint density at radius 2 is 1.48 bits per heavy atom. The molecule has 0 saturated heterocycles. The Balaban J connectivity index is 1.52. The van der Waals surface area contributed by atoms with Gasteiger partial charge in [-0.1, -0.05) is 65.7 Å². The largest absolute Gasteiger partial charge is 0.329 e. The summed E-state index contributed by atoms with van der Waals surface area (Å²) in [6.45, 7) is 3.96. The van der Waals surface area contributed by atoms with Gasteiger partial charge in [0.2, 0.25) is 0 Å². The molecule has 164 valence electrons. The number of aryl methyl sites for hydroxylation is 2. The summed E-state index contributed by atoms with van der Waals surface area (Å²) in [6, 6.07) is 24.9. The van der Waals surface area contributed by atoms with Crippen LogP contribution in [0.5, 0.6) is 0 Å². The van der Waals surface area contributed by atoms with Crippen LogP contribution in [0.15, 0.2) is 90.2 Å². The molecule has 33 heavy (non-hydrogen) atoms. The summed E-state index contributed by atoms with van der Waals surface area (Å²) in [6.07, 6.45) is 3.31. The van der Waals surface area contributed by atoms with E-state index in [9.17, 15) is 9.59 Å². The van der Waals surface area contributed by atoms with E-state index in [1.54, 1.807) is 16.8 Å². The van der Waals surface area contributed by atoms with E-state index in [4.69, 9.17) is 5.10 Å². The quantitative estimate of drug-likeness (QED) is 0.278. The number of carbonyl (C=O) groups excluding carboxylic acids is 2. The Bertz CT molecular complexity index is 1290. The molecule has 0 aliphatic carbocycles. The average molecular weight is 438 g/mol. The van der Waals surface area contributed by atoms with Crippen LogP contribution in [0.1, 0.15) is 16.7 Å². The molecule has 7 heteroatoms. The van der Waals surface area contributed by atoms with Crippen molar-refractivity contribution in [3.8, 4) is 16.9 Å². The second-order valence-corrected chi connectivity index (χ2v) is 7.60. The second-order valence-electron chi connectivity index (χ2n) is 7.60. The predicted octanol–water partition coefficient (Wildman–Crippen LogP) is 4.24. The molecule has 0 aliphatic heterocycles. The van der Waals surface area contributed by atoms with Crippen LogP contribution in [-0.4, -0.2) is 27.8 Å². The number of aromatic nitrogens is 2. The molecule has 0 radical (unpaired) electrons. The van der Waals surface area contributed by atoms with Gasteiger partial charge in [-0.3, -0.25) is 9.59 Å². The van der Waals surface area contributed by atoms with Crippen molar-refractivity contribution >= 4 is 23.7 Å². The lowest BCUT2D eigenvalue weighted by Gasteiger charge is -2.04. The maximum absolute atomic E-state index is 12.2. The molecule has 2 amide bonds. The fourth-order valence-electron chi connectivity index (χ4n) is 3.17. The van der Waals surface area contributed by atoms with Crippen molar-refractivity contribution in [1.82, 2.24) is 15.2 Å².